The minimum absolute atomic E-state index is 0.00444. The summed E-state index contributed by atoms with van der Waals surface area (Å²) in [6, 6.07) is 9.27. The number of aromatic nitrogens is 2. The summed E-state index contributed by atoms with van der Waals surface area (Å²) in [4.78, 5) is 19.7. The molecule has 1 aromatic heterocycles. The third-order valence-electron chi connectivity index (χ3n) is 3.23. The van der Waals surface area contributed by atoms with Crippen molar-refractivity contribution in [2.45, 2.75) is 25.3 Å². The van der Waals surface area contributed by atoms with Crippen LogP contribution in [0.3, 0.4) is 0 Å². The number of hydrogen-bond donors (Lipinski definition) is 2. The quantitative estimate of drug-likeness (QED) is 0.888. The van der Waals surface area contributed by atoms with Crippen LogP contribution in [-0.2, 0) is 6.42 Å². The van der Waals surface area contributed by atoms with E-state index in [0.29, 0.717) is 29.1 Å². The standard InChI is InChI=1S/C15H14ClN3O2/c16-11-4-2-1-3-9(11)7-13-18-12(15(20)21)8-14(19-13)17-10-5-6-10/h1-4,8,10H,5-7H2,(H,20,21)(H,17,18,19). The predicted molar refractivity (Wildman–Crippen MR) is 79.9 cm³/mol. The summed E-state index contributed by atoms with van der Waals surface area (Å²) in [5.41, 5.74) is 0.870. The molecule has 1 aromatic carbocycles. The second kappa shape index (κ2) is 5.69. The van der Waals surface area contributed by atoms with Gasteiger partial charge in [0.25, 0.3) is 0 Å². The minimum Gasteiger partial charge on any atom is -0.477 e. The first-order valence-electron chi connectivity index (χ1n) is 6.73. The number of carboxylic acids is 1. The van der Waals surface area contributed by atoms with Crippen molar-refractivity contribution in [3.8, 4) is 0 Å². The third-order valence-corrected chi connectivity index (χ3v) is 3.60. The fraction of sp³-hybridized carbons (Fsp3) is 0.267. The van der Waals surface area contributed by atoms with Crippen molar-refractivity contribution in [3.05, 3.63) is 52.4 Å². The molecule has 0 radical (unpaired) electrons. The van der Waals surface area contributed by atoms with Gasteiger partial charge in [0.15, 0.2) is 5.69 Å². The Morgan fingerprint density at radius 3 is 2.76 bits per heavy atom. The molecule has 0 unspecified atom stereocenters. The molecule has 3 rings (SSSR count). The number of carbonyl (C=O) groups is 1. The molecule has 6 heteroatoms. The lowest BCUT2D eigenvalue weighted by molar-refractivity contribution is 0.0690. The van der Waals surface area contributed by atoms with E-state index in [-0.39, 0.29) is 5.69 Å². The van der Waals surface area contributed by atoms with E-state index >= 15 is 0 Å². The van der Waals surface area contributed by atoms with Crippen LogP contribution in [0.15, 0.2) is 30.3 Å². The highest BCUT2D eigenvalue weighted by atomic mass is 35.5. The van der Waals surface area contributed by atoms with Crippen LogP contribution in [0.4, 0.5) is 5.82 Å². The zero-order valence-electron chi connectivity index (χ0n) is 11.2. The summed E-state index contributed by atoms with van der Waals surface area (Å²) in [6.07, 6.45) is 2.58. The topological polar surface area (TPSA) is 75.1 Å². The lowest BCUT2D eigenvalue weighted by Gasteiger charge is -2.08. The number of rotatable bonds is 5. The maximum atomic E-state index is 11.2. The van der Waals surface area contributed by atoms with Gasteiger partial charge in [-0.2, -0.15) is 0 Å². The van der Waals surface area contributed by atoms with E-state index < -0.39 is 5.97 Å². The van der Waals surface area contributed by atoms with E-state index in [1.54, 1.807) is 6.07 Å². The van der Waals surface area contributed by atoms with E-state index in [1.165, 1.54) is 6.07 Å². The number of nitrogens with zero attached hydrogens (tertiary/aromatic N) is 2. The molecule has 0 aliphatic heterocycles. The normalized spacial score (nSPS) is 14.0. The summed E-state index contributed by atoms with van der Waals surface area (Å²) in [5, 5.41) is 13.0. The van der Waals surface area contributed by atoms with Crippen molar-refractivity contribution in [1.82, 2.24) is 9.97 Å². The van der Waals surface area contributed by atoms with E-state index in [2.05, 4.69) is 15.3 Å². The first kappa shape index (κ1) is 13.8. The molecule has 1 aliphatic rings. The van der Waals surface area contributed by atoms with E-state index in [0.717, 1.165) is 18.4 Å². The van der Waals surface area contributed by atoms with E-state index in [9.17, 15) is 4.79 Å². The van der Waals surface area contributed by atoms with Crippen LogP contribution in [0, 0.1) is 0 Å². The average Bonchev–Trinajstić information content (AvgIpc) is 3.25. The number of carboxylic acid groups (broad SMARTS) is 1. The Bertz CT molecular complexity index is 686. The van der Waals surface area contributed by atoms with Crippen LogP contribution < -0.4 is 5.32 Å². The molecule has 21 heavy (non-hydrogen) atoms. The summed E-state index contributed by atoms with van der Waals surface area (Å²) in [7, 11) is 0. The van der Waals surface area contributed by atoms with Crippen LogP contribution in [0.2, 0.25) is 5.02 Å². The number of hydrogen-bond acceptors (Lipinski definition) is 4. The Morgan fingerprint density at radius 2 is 2.10 bits per heavy atom. The van der Waals surface area contributed by atoms with Gasteiger partial charge < -0.3 is 10.4 Å². The highest BCUT2D eigenvalue weighted by molar-refractivity contribution is 6.31. The molecule has 108 valence electrons. The highest BCUT2D eigenvalue weighted by Crippen LogP contribution is 2.24. The molecule has 1 saturated carbocycles. The molecule has 1 heterocycles. The lowest BCUT2D eigenvalue weighted by atomic mass is 10.1. The summed E-state index contributed by atoms with van der Waals surface area (Å²) < 4.78 is 0. The van der Waals surface area contributed by atoms with Crippen LogP contribution in [0.5, 0.6) is 0 Å². The van der Waals surface area contributed by atoms with Crippen LogP contribution >= 0.6 is 11.6 Å². The maximum absolute atomic E-state index is 11.2. The summed E-state index contributed by atoms with van der Waals surface area (Å²) in [6.45, 7) is 0. The Balaban J connectivity index is 1.90. The van der Waals surface area contributed by atoms with Gasteiger partial charge in [0.2, 0.25) is 0 Å². The van der Waals surface area contributed by atoms with Crippen molar-refractivity contribution in [2.24, 2.45) is 0 Å². The number of nitrogens with one attached hydrogen (secondary N) is 1. The number of aromatic carboxylic acids is 1. The van der Waals surface area contributed by atoms with Gasteiger partial charge in [0.1, 0.15) is 11.6 Å². The van der Waals surface area contributed by atoms with Crippen molar-refractivity contribution in [1.29, 1.82) is 0 Å². The van der Waals surface area contributed by atoms with Crippen molar-refractivity contribution in [3.63, 3.8) is 0 Å². The van der Waals surface area contributed by atoms with Gasteiger partial charge in [-0.15, -0.1) is 0 Å². The number of anilines is 1. The Morgan fingerprint density at radius 1 is 1.33 bits per heavy atom. The molecule has 0 amide bonds. The smallest absolute Gasteiger partial charge is 0.354 e. The molecule has 0 bridgehead atoms. The number of benzene rings is 1. The molecule has 0 spiro atoms. The largest absolute Gasteiger partial charge is 0.477 e. The second-order valence-corrected chi connectivity index (χ2v) is 5.45. The molecular weight excluding hydrogens is 290 g/mol. The van der Waals surface area contributed by atoms with Crippen molar-refractivity contribution >= 4 is 23.4 Å². The SMILES string of the molecule is O=C(O)c1cc(NC2CC2)nc(Cc2ccccc2Cl)n1. The van der Waals surface area contributed by atoms with Gasteiger partial charge in [0, 0.05) is 23.6 Å². The lowest BCUT2D eigenvalue weighted by Crippen LogP contribution is -2.11. The second-order valence-electron chi connectivity index (χ2n) is 5.05. The zero-order chi connectivity index (χ0) is 14.8. The monoisotopic (exact) mass is 303 g/mol. The van der Waals surface area contributed by atoms with Gasteiger partial charge in [-0.1, -0.05) is 29.8 Å². The molecule has 2 aromatic rings. The fourth-order valence-corrected chi connectivity index (χ4v) is 2.21. The first-order valence-corrected chi connectivity index (χ1v) is 7.11. The summed E-state index contributed by atoms with van der Waals surface area (Å²) in [5.74, 6) is -0.0465. The highest BCUT2D eigenvalue weighted by Gasteiger charge is 2.22. The van der Waals surface area contributed by atoms with Gasteiger partial charge >= 0.3 is 5.97 Å². The van der Waals surface area contributed by atoms with E-state index in [1.807, 2.05) is 18.2 Å². The predicted octanol–water partition coefficient (Wildman–Crippen LogP) is 2.99. The van der Waals surface area contributed by atoms with Crippen molar-refractivity contribution in [2.75, 3.05) is 5.32 Å². The fourth-order valence-electron chi connectivity index (χ4n) is 2.01. The minimum atomic E-state index is -1.06. The van der Waals surface area contributed by atoms with Gasteiger partial charge in [-0.25, -0.2) is 14.8 Å². The van der Waals surface area contributed by atoms with Crippen LogP contribution in [0.25, 0.3) is 0 Å². The molecule has 1 aliphatic carbocycles. The van der Waals surface area contributed by atoms with Crippen molar-refractivity contribution < 1.29 is 9.90 Å². The molecular formula is C15H14ClN3O2. The molecule has 5 nitrogen and oxygen atoms in total. The Kier molecular flexibility index (Phi) is 3.75. The zero-order valence-corrected chi connectivity index (χ0v) is 12.0. The van der Waals surface area contributed by atoms with E-state index in [4.69, 9.17) is 16.7 Å². The summed E-state index contributed by atoms with van der Waals surface area (Å²) >= 11 is 6.12. The third kappa shape index (κ3) is 3.49. The van der Waals surface area contributed by atoms with Crippen LogP contribution in [0.1, 0.15) is 34.7 Å². The molecule has 2 N–H and O–H groups in total. The first-order chi connectivity index (χ1) is 10.1. The van der Waals surface area contributed by atoms with Gasteiger partial charge in [-0.3, -0.25) is 0 Å². The number of halogens is 1. The molecule has 1 fully saturated rings. The Hall–Kier alpha value is -2.14. The molecule has 0 atom stereocenters. The van der Waals surface area contributed by atoms with Gasteiger partial charge in [0.05, 0.1) is 0 Å². The average molecular weight is 304 g/mol. The van der Waals surface area contributed by atoms with Crippen LogP contribution in [-0.4, -0.2) is 27.1 Å². The Labute approximate surface area is 127 Å². The van der Waals surface area contributed by atoms with Gasteiger partial charge in [-0.05, 0) is 24.5 Å². The molecule has 0 saturated heterocycles. The maximum Gasteiger partial charge on any atom is 0.354 e.